The normalized spacial score (nSPS) is 17.1. The fourth-order valence-corrected chi connectivity index (χ4v) is 2.35. The average molecular weight is 220 g/mol. The zero-order valence-corrected chi connectivity index (χ0v) is 9.58. The Morgan fingerprint density at radius 1 is 1.31 bits per heavy atom. The van der Waals surface area contributed by atoms with E-state index >= 15 is 0 Å². The van der Waals surface area contributed by atoms with Crippen LogP contribution in [0.4, 0.5) is 0 Å². The van der Waals surface area contributed by atoms with Gasteiger partial charge < -0.3 is 10.2 Å². The van der Waals surface area contributed by atoms with Crippen molar-refractivity contribution >= 4 is 5.97 Å². The third-order valence-electron chi connectivity index (χ3n) is 3.46. The van der Waals surface area contributed by atoms with Gasteiger partial charge in [-0.15, -0.1) is 0 Å². The minimum Gasteiger partial charge on any atom is -0.508 e. The molecule has 1 aliphatic rings. The monoisotopic (exact) mass is 220 g/mol. The number of aliphatic carboxylic acids is 1. The predicted octanol–water partition coefficient (Wildman–Crippen LogP) is 2.52. The molecule has 0 aromatic heterocycles. The molecule has 3 heteroatoms. The van der Waals surface area contributed by atoms with Crippen molar-refractivity contribution in [3.8, 4) is 5.75 Å². The summed E-state index contributed by atoms with van der Waals surface area (Å²) in [7, 11) is 0. The summed E-state index contributed by atoms with van der Waals surface area (Å²) >= 11 is 0. The van der Waals surface area contributed by atoms with Crippen LogP contribution in [0.5, 0.6) is 5.75 Å². The number of carboxylic acids is 1. The second kappa shape index (κ2) is 3.51. The molecule has 1 saturated carbocycles. The Kier molecular flexibility index (Phi) is 2.41. The highest BCUT2D eigenvalue weighted by atomic mass is 16.4. The van der Waals surface area contributed by atoms with Crippen LogP contribution in [0.25, 0.3) is 0 Å². The molecule has 16 heavy (non-hydrogen) atoms. The van der Waals surface area contributed by atoms with Gasteiger partial charge >= 0.3 is 5.97 Å². The Morgan fingerprint density at radius 2 is 1.94 bits per heavy atom. The Balaban J connectivity index is 2.41. The summed E-state index contributed by atoms with van der Waals surface area (Å²) in [5.41, 5.74) is 2.72. The summed E-state index contributed by atoms with van der Waals surface area (Å²) in [6.07, 6.45) is 2.06. The van der Waals surface area contributed by atoms with Gasteiger partial charge in [0.25, 0.3) is 0 Å². The van der Waals surface area contributed by atoms with Crippen molar-refractivity contribution in [1.29, 1.82) is 0 Å². The van der Waals surface area contributed by atoms with Crippen molar-refractivity contribution in [1.82, 2.24) is 0 Å². The van der Waals surface area contributed by atoms with E-state index in [0.29, 0.717) is 0 Å². The molecule has 0 saturated heterocycles. The number of aromatic hydroxyl groups is 1. The van der Waals surface area contributed by atoms with Crippen LogP contribution < -0.4 is 0 Å². The van der Waals surface area contributed by atoms with Gasteiger partial charge in [-0.05, 0) is 49.4 Å². The van der Waals surface area contributed by atoms with E-state index in [2.05, 4.69) is 0 Å². The molecule has 3 nitrogen and oxygen atoms in total. The summed E-state index contributed by atoms with van der Waals surface area (Å²) in [6, 6.07) is 3.66. The largest absolute Gasteiger partial charge is 0.508 e. The molecule has 1 aliphatic carbocycles. The Bertz CT molecular complexity index is 445. The minimum absolute atomic E-state index is 0.172. The number of hydrogen-bond acceptors (Lipinski definition) is 2. The van der Waals surface area contributed by atoms with Crippen molar-refractivity contribution in [2.45, 2.75) is 38.5 Å². The summed E-state index contributed by atoms with van der Waals surface area (Å²) in [6.45, 7) is 3.77. The topological polar surface area (TPSA) is 57.5 Å². The second-order valence-electron chi connectivity index (χ2n) is 4.80. The number of hydrogen-bond donors (Lipinski definition) is 2. The van der Waals surface area contributed by atoms with Gasteiger partial charge in [0, 0.05) is 5.41 Å². The van der Waals surface area contributed by atoms with E-state index < -0.39 is 5.97 Å². The molecule has 0 amide bonds. The third-order valence-corrected chi connectivity index (χ3v) is 3.46. The molecule has 1 fully saturated rings. The Morgan fingerprint density at radius 3 is 2.44 bits per heavy atom. The Labute approximate surface area is 94.7 Å². The number of phenols is 1. The lowest BCUT2D eigenvalue weighted by molar-refractivity contribution is -0.137. The number of carboxylic acid groups (broad SMARTS) is 1. The Hall–Kier alpha value is -1.51. The quantitative estimate of drug-likeness (QED) is 0.822. The van der Waals surface area contributed by atoms with Crippen molar-refractivity contribution in [3.63, 3.8) is 0 Å². The fourth-order valence-electron chi connectivity index (χ4n) is 2.35. The van der Waals surface area contributed by atoms with Gasteiger partial charge in [0.15, 0.2) is 0 Å². The maximum atomic E-state index is 10.8. The molecule has 1 aromatic carbocycles. The van der Waals surface area contributed by atoms with Crippen LogP contribution in [0.15, 0.2) is 12.1 Å². The van der Waals surface area contributed by atoms with Crippen LogP contribution in [-0.4, -0.2) is 16.2 Å². The maximum absolute atomic E-state index is 10.8. The molecule has 86 valence electrons. The molecule has 0 aliphatic heterocycles. The minimum atomic E-state index is -0.748. The molecule has 1 aromatic rings. The van der Waals surface area contributed by atoms with Gasteiger partial charge in [0.05, 0.1) is 6.42 Å². The smallest absolute Gasteiger partial charge is 0.304 e. The molecule has 0 heterocycles. The fraction of sp³-hybridized carbons (Fsp3) is 0.462. The molecule has 0 radical (unpaired) electrons. The van der Waals surface area contributed by atoms with Crippen LogP contribution >= 0.6 is 0 Å². The van der Waals surface area contributed by atoms with Crippen molar-refractivity contribution in [2.75, 3.05) is 0 Å². The van der Waals surface area contributed by atoms with E-state index in [4.69, 9.17) is 5.11 Å². The van der Waals surface area contributed by atoms with E-state index in [1.807, 2.05) is 19.9 Å². The molecule has 2 rings (SSSR count). The zero-order valence-electron chi connectivity index (χ0n) is 9.58. The van der Waals surface area contributed by atoms with E-state index in [9.17, 15) is 9.90 Å². The lowest BCUT2D eigenvalue weighted by atomic mass is 9.87. The molecule has 2 N–H and O–H groups in total. The standard InChI is InChI=1S/C13H16O3/c1-8-6-11(14)9(2)5-10(8)13(3-4-13)7-12(15)16/h5-6,14H,3-4,7H2,1-2H3,(H,15,16). The number of carbonyl (C=O) groups is 1. The van der Waals surface area contributed by atoms with Crippen molar-refractivity contribution in [2.24, 2.45) is 0 Å². The highest BCUT2D eigenvalue weighted by molar-refractivity contribution is 5.70. The average Bonchev–Trinajstić information content (AvgIpc) is 2.91. The summed E-state index contributed by atoms with van der Waals surface area (Å²) in [4.78, 5) is 10.8. The lowest BCUT2D eigenvalue weighted by Crippen LogP contribution is -2.14. The van der Waals surface area contributed by atoms with Gasteiger partial charge in [0.2, 0.25) is 0 Å². The van der Waals surface area contributed by atoms with Gasteiger partial charge in [0.1, 0.15) is 5.75 Å². The molecular weight excluding hydrogens is 204 g/mol. The van der Waals surface area contributed by atoms with Gasteiger partial charge in [-0.3, -0.25) is 4.79 Å². The molecule has 0 atom stereocenters. The highest BCUT2D eigenvalue weighted by Crippen LogP contribution is 2.52. The van der Waals surface area contributed by atoms with Gasteiger partial charge in [-0.1, -0.05) is 6.07 Å². The second-order valence-corrected chi connectivity index (χ2v) is 4.80. The summed E-state index contributed by atoms with van der Waals surface area (Å²) in [5.74, 6) is -0.463. The lowest BCUT2D eigenvalue weighted by Gasteiger charge is -2.17. The van der Waals surface area contributed by atoms with Crippen molar-refractivity contribution < 1.29 is 15.0 Å². The molecular formula is C13H16O3. The third kappa shape index (κ3) is 1.77. The first-order chi connectivity index (χ1) is 7.44. The van der Waals surface area contributed by atoms with E-state index in [0.717, 1.165) is 29.5 Å². The summed E-state index contributed by atoms with van der Waals surface area (Å²) in [5, 5.41) is 18.5. The van der Waals surface area contributed by atoms with Crippen LogP contribution in [0.1, 0.15) is 36.0 Å². The van der Waals surface area contributed by atoms with Crippen LogP contribution in [0.3, 0.4) is 0 Å². The van der Waals surface area contributed by atoms with Crippen molar-refractivity contribution in [3.05, 3.63) is 28.8 Å². The molecule has 0 unspecified atom stereocenters. The van der Waals surface area contributed by atoms with Crippen LogP contribution in [0, 0.1) is 13.8 Å². The van der Waals surface area contributed by atoms with E-state index in [-0.39, 0.29) is 17.6 Å². The highest BCUT2D eigenvalue weighted by Gasteiger charge is 2.46. The zero-order chi connectivity index (χ0) is 11.9. The molecule has 0 bridgehead atoms. The van der Waals surface area contributed by atoms with Gasteiger partial charge in [-0.25, -0.2) is 0 Å². The van der Waals surface area contributed by atoms with E-state index in [1.165, 1.54) is 0 Å². The van der Waals surface area contributed by atoms with Crippen LogP contribution in [0.2, 0.25) is 0 Å². The summed E-state index contributed by atoms with van der Waals surface area (Å²) < 4.78 is 0. The SMILES string of the molecule is Cc1cc(C2(CC(=O)O)CC2)c(C)cc1O. The maximum Gasteiger partial charge on any atom is 0.304 e. The number of benzene rings is 1. The first-order valence-electron chi connectivity index (χ1n) is 5.47. The number of phenolic OH excluding ortho intramolecular Hbond substituents is 1. The van der Waals surface area contributed by atoms with Gasteiger partial charge in [-0.2, -0.15) is 0 Å². The predicted molar refractivity (Wildman–Crippen MR) is 60.7 cm³/mol. The molecule has 0 spiro atoms. The first kappa shape index (κ1) is 11.0. The number of rotatable bonds is 3. The number of aryl methyl sites for hydroxylation is 2. The van der Waals surface area contributed by atoms with Crippen LogP contribution in [-0.2, 0) is 10.2 Å². The first-order valence-corrected chi connectivity index (χ1v) is 5.47. The van der Waals surface area contributed by atoms with E-state index in [1.54, 1.807) is 6.07 Å².